The number of halogens is 1. The summed E-state index contributed by atoms with van der Waals surface area (Å²) in [6.45, 7) is 0. The van der Waals surface area contributed by atoms with Gasteiger partial charge in [0.1, 0.15) is 0 Å². The Labute approximate surface area is 114 Å². The molecule has 5 heteroatoms. The van der Waals surface area contributed by atoms with E-state index in [9.17, 15) is 14.9 Å². The first-order valence-electron chi connectivity index (χ1n) is 5.59. The first-order chi connectivity index (χ1) is 9.09. The first kappa shape index (κ1) is 13.2. The molecule has 2 aromatic rings. The molecule has 2 aromatic carbocycles. The van der Waals surface area contributed by atoms with E-state index in [1.165, 1.54) is 6.07 Å². The Hall–Kier alpha value is -2.20. The number of hydrogen-bond donors (Lipinski definition) is 0. The lowest BCUT2D eigenvalue weighted by atomic mass is 10.0. The zero-order chi connectivity index (χ0) is 13.8. The van der Waals surface area contributed by atoms with Gasteiger partial charge in [-0.3, -0.25) is 14.9 Å². The van der Waals surface area contributed by atoms with Gasteiger partial charge in [0.25, 0.3) is 5.69 Å². The standard InChI is InChI=1S/C14H10ClNO3/c15-12-7-3-2-6-11(12)14(17)9-10-5-1-4-8-13(10)16(18)19/h1-8H,9H2. The fraction of sp³-hybridized carbons (Fsp3) is 0.0714. The summed E-state index contributed by atoms with van der Waals surface area (Å²) >= 11 is 5.93. The molecule has 0 N–H and O–H groups in total. The van der Waals surface area contributed by atoms with Crippen molar-refractivity contribution in [2.45, 2.75) is 6.42 Å². The number of benzene rings is 2. The molecule has 0 aromatic heterocycles. The van der Waals surface area contributed by atoms with E-state index < -0.39 is 4.92 Å². The highest BCUT2D eigenvalue weighted by Gasteiger charge is 2.17. The molecule has 2 rings (SSSR count). The Kier molecular flexibility index (Phi) is 3.92. The van der Waals surface area contributed by atoms with Crippen LogP contribution in [0.2, 0.25) is 5.02 Å². The highest BCUT2D eigenvalue weighted by Crippen LogP contribution is 2.22. The molecule has 0 fully saturated rings. The average molecular weight is 276 g/mol. The molecular formula is C14H10ClNO3. The maximum atomic E-state index is 12.1. The Bertz CT molecular complexity index is 640. The number of nitrogens with zero attached hydrogens (tertiary/aromatic N) is 1. The second-order valence-electron chi connectivity index (χ2n) is 3.97. The second-order valence-corrected chi connectivity index (χ2v) is 4.37. The summed E-state index contributed by atoms with van der Waals surface area (Å²) in [7, 11) is 0. The van der Waals surface area contributed by atoms with Gasteiger partial charge in [-0.25, -0.2) is 0 Å². The Morgan fingerprint density at radius 1 is 1.11 bits per heavy atom. The van der Waals surface area contributed by atoms with Crippen molar-refractivity contribution in [2.75, 3.05) is 0 Å². The van der Waals surface area contributed by atoms with Crippen LogP contribution in [0, 0.1) is 10.1 Å². The van der Waals surface area contributed by atoms with Crippen LogP contribution in [0.15, 0.2) is 48.5 Å². The molecule has 0 unspecified atom stereocenters. The lowest BCUT2D eigenvalue weighted by Crippen LogP contribution is -2.06. The van der Waals surface area contributed by atoms with Crippen LogP contribution < -0.4 is 0 Å². The molecule has 0 saturated heterocycles. The minimum absolute atomic E-state index is 0.0408. The SMILES string of the molecule is O=C(Cc1ccccc1[N+](=O)[O-])c1ccccc1Cl. The van der Waals surface area contributed by atoms with Crippen molar-refractivity contribution in [2.24, 2.45) is 0 Å². The molecule has 0 atom stereocenters. The van der Waals surface area contributed by atoms with Gasteiger partial charge in [-0.15, -0.1) is 0 Å². The number of nitro benzene ring substituents is 1. The van der Waals surface area contributed by atoms with Crippen LogP contribution in [0.3, 0.4) is 0 Å². The van der Waals surface area contributed by atoms with Crippen molar-refractivity contribution in [1.29, 1.82) is 0 Å². The van der Waals surface area contributed by atoms with Gasteiger partial charge in [-0.05, 0) is 12.1 Å². The second kappa shape index (κ2) is 5.63. The zero-order valence-corrected chi connectivity index (χ0v) is 10.6. The van der Waals surface area contributed by atoms with Gasteiger partial charge in [-0.2, -0.15) is 0 Å². The fourth-order valence-corrected chi connectivity index (χ4v) is 2.04. The van der Waals surface area contributed by atoms with Crippen molar-refractivity contribution in [1.82, 2.24) is 0 Å². The smallest absolute Gasteiger partial charge is 0.273 e. The summed E-state index contributed by atoms with van der Waals surface area (Å²) in [4.78, 5) is 22.5. The van der Waals surface area contributed by atoms with Gasteiger partial charge < -0.3 is 0 Å². The third-order valence-electron chi connectivity index (χ3n) is 2.71. The molecule has 0 bridgehead atoms. The van der Waals surface area contributed by atoms with E-state index in [4.69, 9.17) is 11.6 Å². The number of Topliss-reactive ketones (excluding diaryl/α,β-unsaturated/α-hetero) is 1. The molecular weight excluding hydrogens is 266 g/mol. The Morgan fingerprint density at radius 2 is 1.74 bits per heavy atom. The number of para-hydroxylation sites is 1. The highest BCUT2D eigenvalue weighted by atomic mass is 35.5. The number of carbonyl (C=O) groups is 1. The van der Waals surface area contributed by atoms with E-state index in [0.29, 0.717) is 16.1 Å². The monoisotopic (exact) mass is 275 g/mol. The normalized spacial score (nSPS) is 10.2. The van der Waals surface area contributed by atoms with Crippen LogP contribution in [0.1, 0.15) is 15.9 Å². The molecule has 19 heavy (non-hydrogen) atoms. The number of ketones is 1. The molecule has 0 aliphatic rings. The van der Waals surface area contributed by atoms with Gasteiger partial charge in [0.15, 0.2) is 5.78 Å². The summed E-state index contributed by atoms with van der Waals surface area (Å²) in [6, 6.07) is 12.9. The molecule has 0 heterocycles. The Morgan fingerprint density at radius 3 is 2.42 bits per heavy atom. The molecule has 0 spiro atoms. The van der Waals surface area contributed by atoms with Gasteiger partial charge in [-0.1, -0.05) is 41.9 Å². The average Bonchev–Trinajstić information content (AvgIpc) is 2.39. The topological polar surface area (TPSA) is 60.2 Å². The lowest BCUT2D eigenvalue weighted by molar-refractivity contribution is -0.385. The van der Waals surface area contributed by atoms with Crippen molar-refractivity contribution in [3.63, 3.8) is 0 Å². The van der Waals surface area contributed by atoms with E-state index >= 15 is 0 Å². The largest absolute Gasteiger partial charge is 0.294 e. The van der Waals surface area contributed by atoms with Crippen LogP contribution in [0.5, 0.6) is 0 Å². The molecule has 0 radical (unpaired) electrons. The molecule has 0 saturated carbocycles. The van der Waals surface area contributed by atoms with Crippen LogP contribution in [0.25, 0.3) is 0 Å². The summed E-state index contributed by atoms with van der Waals surface area (Å²) in [5.74, 6) is -0.236. The number of hydrogen-bond acceptors (Lipinski definition) is 3. The maximum Gasteiger partial charge on any atom is 0.273 e. The van der Waals surface area contributed by atoms with Gasteiger partial charge in [0.2, 0.25) is 0 Å². The van der Waals surface area contributed by atoms with Crippen molar-refractivity contribution in [3.8, 4) is 0 Å². The van der Waals surface area contributed by atoms with Crippen molar-refractivity contribution in [3.05, 3.63) is 74.8 Å². The van der Waals surface area contributed by atoms with E-state index in [0.717, 1.165) is 0 Å². The van der Waals surface area contributed by atoms with Crippen LogP contribution >= 0.6 is 11.6 Å². The lowest BCUT2D eigenvalue weighted by Gasteiger charge is -2.04. The maximum absolute atomic E-state index is 12.1. The number of rotatable bonds is 4. The molecule has 96 valence electrons. The molecule has 0 amide bonds. The quantitative estimate of drug-likeness (QED) is 0.486. The van der Waals surface area contributed by atoms with Gasteiger partial charge in [0, 0.05) is 23.6 Å². The van der Waals surface area contributed by atoms with E-state index in [-0.39, 0.29) is 17.9 Å². The zero-order valence-electron chi connectivity index (χ0n) is 9.88. The fourth-order valence-electron chi connectivity index (χ4n) is 1.79. The number of nitro groups is 1. The predicted octanol–water partition coefficient (Wildman–Crippen LogP) is 3.67. The predicted molar refractivity (Wildman–Crippen MR) is 72.6 cm³/mol. The van der Waals surface area contributed by atoms with Crippen LogP contribution in [-0.4, -0.2) is 10.7 Å². The Balaban J connectivity index is 2.30. The van der Waals surface area contributed by atoms with Crippen LogP contribution in [0.4, 0.5) is 5.69 Å². The van der Waals surface area contributed by atoms with Crippen molar-refractivity contribution < 1.29 is 9.72 Å². The molecule has 4 nitrogen and oxygen atoms in total. The summed E-state index contributed by atoms with van der Waals surface area (Å²) < 4.78 is 0. The highest BCUT2D eigenvalue weighted by molar-refractivity contribution is 6.34. The van der Waals surface area contributed by atoms with Gasteiger partial charge in [0.05, 0.1) is 9.95 Å². The minimum atomic E-state index is -0.491. The van der Waals surface area contributed by atoms with E-state index in [1.807, 2.05) is 0 Å². The number of carbonyl (C=O) groups excluding carboxylic acids is 1. The third-order valence-corrected chi connectivity index (χ3v) is 3.04. The summed E-state index contributed by atoms with van der Waals surface area (Å²) in [5, 5.41) is 11.2. The summed E-state index contributed by atoms with van der Waals surface area (Å²) in [5.41, 5.74) is 0.711. The van der Waals surface area contributed by atoms with Crippen molar-refractivity contribution >= 4 is 23.1 Å². The van der Waals surface area contributed by atoms with E-state index in [2.05, 4.69) is 0 Å². The minimum Gasteiger partial charge on any atom is -0.294 e. The first-order valence-corrected chi connectivity index (χ1v) is 5.97. The van der Waals surface area contributed by atoms with E-state index in [1.54, 1.807) is 42.5 Å². The summed E-state index contributed by atoms with van der Waals surface area (Å²) in [6.07, 6.45) is -0.0408. The molecule has 0 aliphatic carbocycles. The third kappa shape index (κ3) is 2.98. The van der Waals surface area contributed by atoms with Crippen LogP contribution in [-0.2, 0) is 6.42 Å². The molecule has 0 aliphatic heterocycles. The van der Waals surface area contributed by atoms with Gasteiger partial charge >= 0.3 is 0 Å².